The first-order chi connectivity index (χ1) is 15.9. The van der Waals surface area contributed by atoms with Crippen LogP contribution in [0.3, 0.4) is 0 Å². The largest absolute Gasteiger partial charge is 0.484 e. The molecule has 0 fully saturated rings. The van der Waals surface area contributed by atoms with Gasteiger partial charge in [0.25, 0.3) is 11.8 Å². The van der Waals surface area contributed by atoms with E-state index in [0.29, 0.717) is 36.6 Å². The fraction of sp³-hybridized carbons (Fsp3) is 0.259. The highest BCUT2D eigenvalue weighted by Crippen LogP contribution is 2.21. The molecule has 6 heteroatoms. The van der Waals surface area contributed by atoms with Crippen LogP contribution in [0.4, 0.5) is 5.69 Å². The number of carbonyl (C=O) groups excluding carboxylic acids is 2. The van der Waals surface area contributed by atoms with Gasteiger partial charge in [-0.3, -0.25) is 9.59 Å². The quantitative estimate of drug-likeness (QED) is 0.486. The summed E-state index contributed by atoms with van der Waals surface area (Å²) in [5.41, 5.74) is 7.90. The van der Waals surface area contributed by atoms with Crippen molar-refractivity contribution in [1.29, 1.82) is 0 Å². The highest BCUT2D eigenvalue weighted by molar-refractivity contribution is 5.94. The molecular weight excluding hydrogens is 414 g/mol. The SMILES string of the molecule is CC(C)(CN)CN(Cc1cccc(NC(=O)COc2ccccc2)c1)C(=O)c1ccccc1. The highest BCUT2D eigenvalue weighted by Gasteiger charge is 2.25. The van der Waals surface area contributed by atoms with E-state index < -0.39 is 0 Å². The average Bonchev–Trinajstić information content (AvgIpc) is 2.83. The van der Waals surface area contributed by atoms with Gasteiger partial charge in [-0.25, -0.2) is 0 Å². The monoisotopic (exact) mass is 445 g/mol. The molecule has 0 aromatic heterocycles. The molecule has 3 N–H and O–H groups in total. The molecule has 3 aromatic carbocycles. The minimum Gasteiger partial charge on any atom is -0.484 e. The number of nitrogens with zero attached hydrogens (tertiary/aromatic N) is 1. The van der Waals surface area contributed by atoms with E-state index in [9.17, 15) is 9.59 Å². The molecule has 172 valence electrons. The molecule has 3 aromatic rings. The first-order valence-electron chi connectivity index (χ1n) is 11.0. The summed E-state index contributed by atoms with van der Waals surface area (Å²) in [6, 6.07) is 25.9. The van der Waals surface area contributed by atoms with Crippen molar-refractivity contribution in [1.82, 2.24) is 4.90 Å². The summed E-state index contributed by atoms with van der Waals surface area (Å²) in [6.45, 7) is 5.38. The van der Waals surface area contributed by atoms with E-state index in [0.717, 1.165) is 5.56 Å². The number of para-hydroxylation sites is 1. The summed E-state index contributed by atoms with van der Waals surface area (Å²) in [4.78, 5) is 27.4. The number of benzene rings is 3. The lowest BCUT2D eigenvalue weighted by atomic mass is 9.92. The van der Waals surface area contributed by atoms with Gasteiger partial charge in [-0.15, -0.1) is 0 Å². The van der Waals surface area contributed by atoms with Crippen molar-refractivity contribution < 1.29 is 14.3 Å². The second-order valence-electron chi connectivity index (χ2n) is 8.75. The van der Waals surface area contributed by atoms with Gasteiger partial charge in [-0.05, 0) is 53.9 Å². The zero-order valence-electron chi connectivity index (χ0n) is 19.2. The van der Waals surface area contributed by atoms with Crippen LogP contribution >= 0.6 is 0 Å². The molecule has 0 aliphatic heterocycles. The van der Waals surface area contributed by atoms with E-state index in [-0.39, 0.29) is 23.8 Å². The maximum atomic E-state index is 13.2. The van der Waals surface area contributed by atoms with Crippen molar-refractivity contribution in [3.05, 3.63) is 96.1 Å². The van der Waals surface area contributed by atoms with Crippen molar-refractivity contribution in [3.63, 3.8) is 0 Å². The Bertz CT molecular complexity index is 1050. The van der Waals surface area contributed by atoms with E-state index >= 15 is 0 Å². The molecule has 6 nitrogen and oxygen atoms in total. The van der Waals surface area contributed by atoms with Gasteiger partial charge in [0.1, 0.15) is 5.75 Å². The summed E-state index contributed by atoms with van der Waals surface area (Å²) in [5, 5.41) is 2.86. The van der Waals surface area contributed by atoms with E-state index in [1.54, 1.807) is 12.1 Å². The Hall–Kier alpha value is -3.64. The smallest absolute Gasteiger partial charge is 0.262 e. The Kier molecular flexibility index (Phi) is 8.22. The van der Waals surface area contributed by atoms with Gasteiger partial charge < -0.3 is 20.7 Å². The highest BCUT2D eigenvalue weighted by atomic mass is 16.5. The van der Waals surface area contributed by atoms with Crippen LogP contribution in [0, 0.1) is 5.41 Å². The molecule has 33 heavy (non-hydrogen) atoms. The van der Waals surface area contributed by atoms with E-state index in [1.165, 1.54) is 0 Å². The number of carbonyl (C=O) groups is 2. The lowest BCUT2D eigenvalue weighted by Gasteiger charge is -2.32. The van der Waals surface area contributed by atoms with Crippen LogP contribution in [0.5, 0.6) is 5.75 Å². The molecule has 0 aliphatic rings. The lowest BCUT2D eigenvalue weighted by Crippen LogP contribution is -2.41. The Morgan fingerprint density at radius 3 is 2.27 bits per heavy atom. The third kappa shape index (κ3) is 7.47. The number of hydrogen-bond donors (Lipinski definition) is 2. The molecule has 0 saturated carbocycles. The van der Waals surface area contributed by atoms with Crippen LogP contribution in [0.1, 0.15) is 29.8 Å². The zero-order valence-corrected chi connectivity index (χ0v) is 19.2. The van der Waals surface area contributed by atoms with Gasteiger partial charge >= 0.3 is 0 Å². The molecule has 0 spiro atoms. The minimum atomic E-state index is -0.252. The van der Waals surface area contributed by atoms with Crippen LogP contribution in [-0.2, 0) is 11.3 Å². The number of nitrogens with two attached hydrogens (primary N) is 1. The van der Waals surface area contributed by atoms with Crippen molar-refractivity contribution in [2.75, 3.05) is 25.0 Å². The number of anilines is 1. The van der Waals surface area contributed by atoms with Gasteiger partial charge in [0.05, 0.1) is 0 Å². The van der Waals surface area contributed by atoms with Crippen LogP contribution in [0.25, 0.3) is 0 Å². The van der Waals surface area contributed by atoms with Crippen LogP contribution < -0.4 is 15.8 Å². The summed E-state index contributed by atoms with van der Waals surface area (Å²) >= 11 is 0. The normalized spacial score (nSPS) is 11.0. The van der Waals surface area contributed by atoms with Gasteiger partial charge in [0, 0.05) is 24.3 Å². The Labute approximate surface area is 195 Å². The predicted octanol–water partition coefficient (Wildman–Crippen LogP) is 4.33. The molecule has 0 heterocycles. The molecule has 0 aliphatic carbocycles. The molecule has 3 rings (SSSR count). The molecule has 0 saturated heterocycles. The zero-order chi connectivity index (χ0) is 23.7. The first-order valence-corrected chi connectivity index (χ1v) is 11.0. The standard InChI is InChI=1S/C27H31N3O3/c1-27(2,19-28)20-30(26(32)22-11-5-3-6-12-22)17-21-10-9-13-23(16-21)29-25(31)18-33-24-14-7-4-8-15-24/h3-16H,17-20,28H2,1-2H3,(H,29,31). The third-order valence-electron chi connectivity index (χ3n) is 5.18. The average molecular weight is 446 g/mol. The van der Waals surface area contributed by atoms with E-state index in [4.69, 9.17) is 10.5 Å². The number of hydrogen-bond acceptors (Lipinski definition) is 4. The summed E-state index contributed by atoms with van der Waals surface area (Å²) in [5.74, 6) is 0.333. The topological polar surface area (TPSA) is 84.7 Å². The first kappa shape index (κ1) is 24.0. The van der Waals surface area contributed by atoms with Crippen LogP contribution in [0.15, 0.2) is 84.9 Å². The molecular formula is C27H31N3O3. The number of rotatable bonds is 10. The minimum absolute atomic E-state index is 0.0529. The van der Waals surface area contributed by atoms with Gasteiger partial charge in [-0.1, -0.05) is 62.4 Å². The summed E-state index contributed by atoms with van der Waals surface area (Å²) < 4.78 is 5.51. The molecule has 0 bridgehead atoms. The second-order valence-corrected chi connectivity index (χ2v) is 8.75. The van der Waals surface area contributed by atoms with Crippen LogP contribution in [-0.4, -0.2) is 36.4 Å². The third-order valence-corrected chi connectivity index (χ3v) is 5.18. The van der Waals surface area contributed by atoms with Gasteiger partial charge in [-0.2, -0.15) is 0 Å². The maximum Gasteiger partial charge on any atom is 0.262 e. The second kappa shape index (κ2) is 11.3. The van der Waals surface area contributed by atoms with Crippen molar-refractivity contribution in [3.8, 4) is 5.75 Å². The summed E-state index contributed by atoms with van der Waals surface area (Å²) in [7, 11) is 0. The number of nitrogens with one attached hydrogen (secondary N) is 1. The van der Waals surface area contributed by atoms with Crippen molar-refractivity contribution in [2.45, 2.75) is 20.4 Å². The molecule has 2 amide bonds. The molecule has 0 radical (unpaired) electrons. The predicted molar refractivity (Wildman–Crippen MR) is 131 cm³/mol. The fourth-order valence-corrected chi connectivity index (χ4v) is 3.37. The number of amides is 2. The van der Waals surface area contributed by atoms with E-state index in [1.807, 2.05) is 91.5 Å². The van der Waals surface area contributed by atoms with E-state index in [2.05, 4.69) is 5.32 Å². The van der Waals surface area contributed by atoms with Crippen molar-refractivity contribution in [2.24, 2.45) is 11.1 Å². The van der Waals surface area contributed by atoms with Crippen molar-refractivity contribution >= 4 is 17.5 Å². The molecule has 0 unspecified atom stereocenters. The fourth-order valence-electron chi connectivity index (χ4n) is 3.37. The summed E-state index contributed by atoms with van der Waals surface area (Å²) in [6.07, 6.45) is 0. The molecule has 0 atom stereocenters. The Morgan fingerprint density at radius 1 is 0.939 bits per heavy atom. The van der Waals surface area contributed by atoms with Crippen LogP contribution in [0.2, 0.25) is 0 Å². The van der Waals surface area contributed by atoms with Gasteiger partial charge in [0.15, 0.2) is 6.61 Å². The Balaban J connectivity index is 1.69. The Morgan fingerprint density at radius 2 is 1.61 bits per heavy atom. The lowest BCUT2D eigenvalue weighted by molar-refractivity contribution is -0.118. The maximum absolute atomic E-state index is 13.2. The number of ether oxygens (including phenoxy) is 1. The van der Waals surface area contributed by atoms with Gasteiger partial charge in [0.2, 0.25) is 0 Å².